The Hall–Kier alpha value is -1.66. The third-order valence-electron chi connectivity index (χ3n) is 3.26. The molecule has 2 rings (SSSR count). The molecule has 0 aromatic heterocycles. The van der Waals surface area contributed by atoms with Crippen LogP contribution in [0, 0.1) is 5.82 Å². The van der Waals surface area contributed by atoms with Crippen LogP contribution in [0.4, 0.5) is 4.39 Å². The minimum atomic E-state index is -0.509. The third kappa shape index (κ3) is 7.75. The SMILES string of the molecule is CC(C)(C)OC=O.O=C(NC1CCNCC1)c1ccc(F)c(Cl)c1. The van der Waals surface area contributed by atoms with Crippen molar-refractivity contribution in [3.8, 4) is 0 Å². The van der Waals surface area contributed by atoms with E-state index < -0.39 is 5.82 Å². The summed E-state index contributed by atoms with van der Waals surface area (Å²) in [5, 5.41) is 6.12. The molecule has 1 aliphatic heterocycles. The van der Waals surface area contributed by atoms with Gasteiger partial charge in [0.05, 0.1) is 5.02 Å². The van der Waals surface area contributed by atoms with E-state index >= 15 is 0 Å². The van der Waals surface area contributed by atoms with Crippen LogP contribution >= 0.6 is 11.6 Å². The highest BCUT2D eigenvalue weighted by molar-refractivity contribution is 6.31. The van der Waals surface area contributed by atoms with Gasteiger partial charge < -0.3 is 15.4 Å². The van der Waals surface area contributed by atoms with E-state index in [2.05, 4.69) is 15.4 Å². The topological polar surface area (TPSA) is 67.4 Å². The lowest BCUT2D eigenvalue weighted by Gasteiger charge is -2.23. The van der Waals surface area contributed by atoms with Gasteiger partial charge in [0.1, 0.15) is 11.4 Å². The summed E-state index contributed by atoms with van der Waals surface area (Å²) in [6.07, 6.45) is 1.83. The normalized spacial score (nSPS) is 15.0. The van der Waals surface area contributed by atoms with Gasteiger partial charge in [-0.15, -0.1) is 0 Å². The first-order chi connectivity index (χ1) is 11.2. The molecule has 1 saturated heterocycles. The van der Waals surface area contributed by atoms with Crippen molar-refractivity contribution in [2.45, 2.75) is 45.3 Å². The molecule has 7 heteroatoms. The Labute approximate surface area is 146 Å². The van der Waals surface area contributed by atoms with Gasteiger partial charge >= 0.3 is 0 Å². The fraction of sp³-hybridized carbons (Fsp3) is 0.529. The summed E-state index contributed by atoms with van der Waals surface area (Å²) in [6, 6.07) is 4.19. The minimum Gasteiger partial charge on any atom is -0.462 e. The quantitative estimate of drug-likeness (QED) is 0.815. The number of hydrogen-bond acceptors (Lipinski definition) is 4. The van der Waals surface area contributed by atoms with Crippen LogP contribution < -0.4 is 10.6 Å². The summed E-state index contributed by atoms with van der Waals surface area (Å²) in [6.45, 7) is 7.74. The monoisotopic (exact) mass is 358 g/mol. The van der Waals surface area contributed by atoms with Crippen molar-refractivity contribution in [1.29, 1.82) is 0 Å². The standard InChI is InChI=1S/C12H14ClFN2O.C5H10O2/c13-10-7-8(1-2-11(10)14)12(17)16-9-3-5-15-6-4-9;1-5(2,3)7-4-6/h1-2,7,9,15H,3-6H2,(H,16,17);4H,1-3H3. The first-order valence-corrected chi connectivity index (χ1v) is 8.19. The predicted molar refractivity (Wildman–Crippen MR) is 91.7 cm³/mol. The third-order valence-corrected chi connectivity index (χ3v) is 3.55. The van der Waals surface area contributed by atoms with E-state index in [0.717, 1.165) is 25.9 Å². The summed E-state index contributed by atoms with van der Waals surface area (Å²) < 4.78 is 17.5. The predicted octanol–water partition coefficient (Wildman–Crippen LogP) is 2.92. The molecule has 0 unspecified atom stereocenters. The largest absolute Gasteiger partial charge is 0.462 e. The number of halogens is 2. The number of amides is 1. The van der Waals surface area contributed by atoms with Crippen molar-refractivity contribution in [1.82, 2.24) is 10.6 Å². The van der Waals surface area contributed by atoms with E-state index in [1.807, 2.05) is 20.8 Å². The highest BCUT2D eigenvalue weighted by Gasteiger charge is 2.16. The number of benzene rings is 1. The number of piperidine rings is 1. The van der Waals surface area contributed by atoms with E-state index in [9.17, 15) is 14.0 Å². The molecule has 0 radical (unpaired) electrons. The van der Waals surface area contributed by atoms with Crippen LogP contribution in [0.15, 0.2) is 18.2 Å². The van der Waals surface area contributed by atoms with Gasteiger partial charge in [-0.3, -0.25) is 9.59 Å². The second-order valence-electron chi connectivity index (χ2n) is 6.45. The van der Waals surface area contributed by atoms with Crippen molar-refractivity contribution in [3.05, 3.63) is 34.6 Å². The Bertz CT molecular complexity index is 555. The van der Waals surface area contributed by atoms with Crippen molar-refractivity contribution in [2.24, 2.45) is 0 Å². The number of carbonyl (C=O) groups is 2. The highest BCUT2D eigenvalue weighted by Crippen LogP contribution is 2.16. The summed E-state index contributed by atoms with van der Waals surface area (Å²) in [4.78, 5) is 21.5. The van der Waals surface area contributed by atoms with E-state index in [-0.39, 0.29) is 22.6 Å². The fourth-order valence-electron chi connectivity index (χ4n) is 2.02. The zero-order chi connectivity index (χ0) is 18.2. The maximum absolute atomic E-state index is 12.9. The van der Waals surface area contributed by atoms with E-state index in [0.29, 0.717) is 12.0 Å². The maximum Gasteiger partial charge on any atom is 0.293 e. The second kappa shape index (κ2) is 9.59. The Morgan fingerprint density at radius 3 is 2.46 bits per heavy atom. The second-order valence-corrected chi connectivity index (χ2v) is 6.86. The lowest BCUT2D eigenvalue weighted by Crippen LogP contribution is -2.42. The molecule has 1 aromatic carbocycles. The molecule has 134 valence electrons. The lowest BCUT2D eigenvalue weighted by atomic mass is 10.1. The average molecular weight is 359 g/mol. The van der Waals surface area contributed by atoms with Crippen LogP contribution in [0.1, 0.15) is 44.0 Å². The van der Waals surface area contributed by atoms with Crippen molar-refractivity contribution in [3.63, 3.8) is 0 Å². The summed E-state index contributed by atoms with van der Waals surface area (Å²) >= 11 is 5.64. The molecule has 1 heterocycles. The van der Waals surface area contributed by atoms with Crippen LogP contribution in [0.25, 0.3) is 0 Å². The summed E-state index contributed by atoms with van der Waals surface area (Å²) in [5.74, 6) is -0.705. The van der Waals surface area contributed by atoms with Crippen molar-refractivity contribution in [2.75, 3.05) is 13.1 Å². The van der Waals surface area contributed by atoms with E-state index in [1.54, 1.807) is 0 Å². The van der Waals surface area contributed by atoms with Crippen LogP contribution in [-0.2, 0) is 9.53 Å². The molecular formula is C17H24ClFN2O3. The molecule has 0 atom stereocenters. The first-order valence-electron chi connectivity index (χ1n) is 7.81. The Kier molecular flexibility index (Phi) is 8.15. The lowest BCUT2D eigenvalue weighted by molar-refractivity contribution is -0.138. The highest BCUT2D eigenvalue weighted by atomic mass is 35.5. The van der Waals surface area contributed by atoms with Gasteiger partial charge in [-0.05, 0) is 64.9 Å². The van der Waals surface area contributed by atoms with Crippen LogP contribution in [0.2, 0.25) is 5.02 Å². The Morgan fingerprint density at radius 2 is 2.00 bits per heavy atom. The Balaban J connectivity index is 0.000000351. The molecule has 0 saturated carbocycles. The molecule has 1 amide bonds. The molecule has 1 aromatic rings. The van der Waals surface area contributed by atoms with Gasteiger partial charge in [-0.25, -0.2) is 4.39 Å². The van der Waals surface area contributed by atoms with Crippen LogP contribution in [-0.4, -0.2) is 37.1 Å². The molecule has 1 aliphatic rings. The molecule has 0 spiro atoms. The first kappa shape index (κ1) is 20.4. The van der Waals surface area contributed by atoms with Gasteiger partial charge in [0.25, 0.3) is 12.4 Å². The average Bonchev–Trinajstić information content (AvgIpc) is 2.50. The Morgan fingerprint density at radius 1 is 1.38 bits per heavy atom. The fourth-order valence-corrected chi connectivity index (χ4v) is 2.20. The zero-order valence-corrected chi connectivity index (χ0v) is 15.0. The molecule has 2 N–H and O–H groups in total. The molecular weight excluding hydrogens is 335 g/mol. The van der Waals surface area contributed by atoms with Gasteiger partial charge in [-0.1, -0.05) is 11.6 Å². The smallest absolute Gasteiger partial charge is 0.293 e. The number of carbonyl (C=O) groups excluding carboxylic acids is 2. The molecule has 24 heavy (non-hydrogen) atoms. The number of rotatable bonds is 3. The van der Waals surface area contributed by atoms with Crippen LogP contribution in [0.5, 0.6) is 0 Å². The number of ether oxygens (including phenoxy) is 1. The van der Waals surface area contributed by atoms with Crippen LogP contribution in [0.3, 0.4) is 0 Å². The summed E-state index contributed by atoms with van der Waals surface area (Å²) in [7, 11) is 0. The molecule has 0 bridgehead atoms. The molecule has 5 nitrogen and oxygen atoms in total. The maximum atomic E-state index is 12.9. The summed E-state index contributed by atoms with van der Waals surface area (Å²) in [5.41, 5.74) is 0.0804. The number of nitrogens with one attached hydrogen (secondary N) is 2. The van der Waals surface area contributed by atoms with Gasteiger partial charge in [0.2, 0.25) is 0 Å². The van der Waals surface area contributed by atoms with Gasteiger partial charge in [-0.2, -0.15) is 0 Å². The van der Waals surface area contributed by atoms with Crippen molar-refractivity contribution >= 4 is 24.0 Å². The van der Waals surface area contributed by atoms with E-state index in [1.165, 1.54) is 18.2 Å². The molecule has 1 fully saturated rings. The van der Waals surface area contributed by atoms with Gasteiger partial charge in [0.15, 0.2) is 0 Å². The zero-order valence-electron chi connectivity index (χ0n) is 14.2. The van der Waals surface area contributed by atoms with E-state index in [4.69, 9.17) is 11.6 Å². The minimum absolute atomic E-state index is 0.0250. The molecule has 0 aliphatic carbocycles. The number of hydrogen-bond donors (Lipinski definition) is 2. The van der Waals surface area contributed by atoms with Gasteiger partial charge in [0, 0.05) is 11.6 Å². The van der Waals surface area contributed by atoms with Crippen molar-refractivity contribution < 1.29 is 18.7 Å².